The van der Waals surface area contributed by atoms with Gasteiger partial charge in [0.1, 0.15) is 5.75 Å². The number of ether oxygens (including phenoxy) is 1. The average Bonchev–Trinajstić information content (AvgIpc) is 2.46. The molecule has 0 aromatic heterocycles. The maximum absolute atomic E-state index is 12.1. The molecule has 0 heterocycles. The highest BCUT2D eigenvalue weighted by atomic mass is 79.9. The molecule has 0 bridgehead atoms. The largest absolute Gasteiger partial charge is 0.496 e. The van der Waals surface area contributed by atoms with Crippen molar-refractivity contribution < 1.29 is 9.53 Å². The lowest BCUT2D eigenvalue weighted by Gasteiger charge is -2.09. The smallest absolute Gasteiger partial charge is 0.251 e. The zero-order valence-electron chi connectivity index (χ0n) is 12.2. The van der Waals surface area contributed by atoms with Crippen LogP contribution in [0.15, 0.2) is 46.9 Å². The Morgan fingerprint density at radius 2 is 2.00 bits per heavy atom. The maximum atomic E-state index is 12.1. The van der Waals surface area contributed by atoms with Crippen molar-refractivity contribution in [3.05, 3.63) is 63.6 Å². The molecular weight excluding hydrogens is 330 g/mol. The summed E-state index contributed by atoms with van der Waals surface area (Å²) in [6.07, 6.45) is 0.739. The van der Waals surface area contributed by atoms with Crippen LogP contribution in [0, 0.1) is 6.92 Å². The predicted octanol–water partition coefficient (Wildman–Crippen LogP) is 3.74. The molecule has 1 amide bonds. The molecule has 3 nitrogen and oxygen atoms in total. The van der Waals surface area contributed by atoms with Crippen LogP contribution in [0.2, 0.25) is 0 Å². The van der Waals surface area contributed by atoms with E-state index in [0.29, 0.717) is 12.1 Å². The van der Waals surface area contributed by atoms with Gasteiger partial charge in [0.05, 0.1) is 7.11 Å². The molecule has 4 heteroatoms. The molecule has 0 saturated heterocycles. The van der Waals surface area contributed by atoms with E-state index < -0.39 is 0 Å². The first-order valence-corrected chi connectivity index (χ1v) is 7.56. The first-order valence-electron chi connectivity index (χ1n) is 6.77. The minimum absolute atomic E-state index is 0.0608. The standard InChI is InChI=1S/C17H18BrNO2/c1-12-9-14(11-15(18)10-12)17(20)19-8-7-13-5-3-4-6-16(13)21-2/h3-6,9-11H,7-8H2,1-2H3,(H,19,20). The fraction of sp³-hybridized carbons (Fsp3) is 0.235. The van der Waals surface area contributed by atoms with Crippen molar-refractivity contribution in [2.75, 3.05) is 13.7 Å². The lowest BCUT2D eigenvalue weighted by Crippen LogP contribution is -2.25. The summed E-state index contributed by atoms with van der Waals surface area (Å²) in [7, 11) is 1.65. The molecule has 0 aliphatic heterocycles. The van der Waals surface area contributed by atoms with Crippen molar-refractivity contribution in [1.29, 1.82) is 0 Å². The van der Waals surface area contributed by atoms with Crippen LogP contribution >= 0.6 is 15.9 Å². The summed E-state index contributed by atoms with van der Waals surface area (Å²) < 4.78 is 6.21. The fourth-order valence-electron chi connectivity index (χ4n) is 2.19. The lowest BCUT2D eigenvalue weighted by molar-refractivity contribution is 0.0954. The minimum Gasteiger partial charge on any atom is -0.496 e. The molecule has 0 unspecified atom stereocenters. The van der Waals surface area contributed by atoms with E-state index in [4.69, 9.17) is 4.74 Å². The van der Waals surface area contributed by atoms with Gasteiger partial charge in [-0.1, -0.05) is 34.1 Å². The van der Waals surface area contributed by atoms with Crippen molar-refractivity contribution in [2.24, 2.45) is 0 Å². The number of carbonyl (C=O) groups is 1. The lowest BCUT2D eigenvalue weighted by atomic mass is 10.1. The Balaban J connectivity index is 1.95. The van der Waals surface area contributed by atoms with Gasteiger partial charge in [0, 0.05) is 16.6 Å². The SMILES string of the molecule is COc1ccccc1CCNC(=O)c1cc(C)cc(Br)c1. The van der Waals surface area contributed by atoms with Crippen LogP contribution < -0.4 is 10.1 Å². The molecule has 0 fully saturated rings. The molecule has 0 saturated carbocycles. The monoisotopic (exact) mass is 347 g/mol. The van der Waals surface area contributed by atoms with Gasteiger partial charge in [0.2, 0.25) is 0 Å². The minimum atomic E-state index is -0.0608. The van der Waals surface area contributed by atoms with Gasteiger partial charge >= 0.3 is 0 Å². The van der Waals surface area contributed by atoms with Crippen LogP contribution in [0.1, 0.15) is 21.5 Å². The molecule has 0 spiro atoms. The highest BCUT2D eigenvalue weighted by Crippen LogP contribution is 2.18. The maximum Gasteiger partial charge on any atom is 0.251 e. The van der Waals surface area contributed by atoms with E-state index in [-0.39, 0.29) is 5.91 Å². The van der Waals surface area contributed by atoms with Gasteiger partial charge in [-0.05, 0) is 48.7 Å². The zero-order chi connectivity index (χ0) is 15.2. The van der Waals surface area contributed by atoms with Gasteiger partial charge in [0.25, 0.3) is 5.91 Å². The number of hydrogen-bond acceptors (Lipinski definition) is 2. The van der Waals surface area contributed by atoms with Crippen LogP contribution in [0.5, 0.6) is 5.75 Å². The highest BCUT2D eigenvalue weighted by Gasteiger charge is 2.07. The predicted molar refractivity (Wildman–Crippen MR) is 87.9 cm³/mol. The number of methoxy groups -OCH3 is 1. The van der Waals surface area contributed by atoms with Crippen molar-refractivity contribution in [3.8, 4) is 5.75 Å². The molecule has 2 aromatic carbocycles. The van der Waals surface area contributed by atoms with E-state index in [1.165, 1.54) is 0 Å². The number of halogens is 1. The Hall–Kier alpha value is -1.81. The average molecular weight is 348 g/mol. The normalized spacial score (nSPS) is 10.2. The van der Waals surface area contributed by atoms with Crippen LogP contribution in [-0.2, 0) is 6.42 Å². The Morgan fingerprint density at radius 3 is 2.71 bits per heavy atom. The molecule has 2 rings (SSSR count). The summed E-state index contributed by atoms with van der Waals surface area (Å²) in [6.45, 7) is 2.54. The summed E-state index contributed by atoms with van der Waals surface area (Å²) in [5.74, 6) is 0.791. The Labute approximate surface area is 133 Å². The number of carbonyl (C=O) groups excluding carboxylic acids is 1. The number of nitrogens with one attached hydrogen (secondary N) is 1. The summed E-state index contributed by atoms with van der Waals surface area (Å²) >= 11 is 3.41. The number of benzene rings is 2. The molecule has 0 radical (unpaired) electrons. The van der Waals surface area contributed by atoms with E-state index in [9.17, 15) is 4.79 Å². The molecule has 21 heavy (non-hydrogen) atoms. The second kappa shape index (κ2) is 7.27. The first-order chi connectivity index (χ1) is 10.1. The summed E-state index contributed by atoms with van der Waals surface area (Å²) in [5.41, 5.74) is 2.81. The molecule has 0 aliphatic rings. The second-order valence-electron chi connectivity index (χ2n) is 4.84. The summed E-state index contributed by atoms with van der Waals surface area (Å²) in [5, 5.41) is 2.94. The number of rotatable bonds is 5. The molecular formula is C17H18BrNO2. The Kier molecular flexibility index (Phi) is 5.39. The van der Waals surface area contributed by atoms with Gasteiger partial charge in [-0.2, -0.15) is 0 Å². The Bertz CT molecular complexity index is 620. The number of aryl methyl sites for hydroxylation is 1. The zero-order valence-corrected chi connectivity index (χ0v) is 13.7. The summed E-state index contributed by atoms with van der Waals surface area (Å²) in [4.78, 5) is 12.1. The van der Waals surface area contributed by atoms with Crippen LogP contribution in [0.4, 0.5) is 0 Å². The van der Waals surface area contributed by atoms with Crippen molar-refractivity contribution >= 4 is 21.8 Å². The van der Waals surface area contributed by atoms with Crippen LogP contribution in [0.3, 0.4) is 0 Å². The highest BCUT2D eigenvalue weighted by molar-refractivity contribution is 9.10. The summed E-state index contributed by atoms with van der Waals surface area (Å²) in [6, 6.07) is 13.5. The number of hydrogen-bond donors (Lipinski definition) is 1. The van der Waals surface area contributed by atoms with Crippen molar-refractivity contribution in [3.63, 3.8) is 0 Å². The number of para-hydroxylation sites is 1. The van der Waals surface area contributed by atoms with E-state index in [0.717, 1.165) is 27.8 Å². The van der Waals surface area contributed by atoms with E-state index in [1.54, 1.807) is 7.11 Å². The van der Waals surface area contributed by atoms with E-state index >= 15 is 0 Å². The Morgan fingerprint density at radius 1 is 1.24 bits per heavy atom. The van der Waals surface area contributed by atoms with Gasteiger partial charge in [0.15, 0.2) is 0 Å². The molecule has 0 atom stereocenters. The third-order valence-electron chi connectivity index (χ3n) is 3.18. The van der Waals surface area contributed by atoms with E-state index in [2.05, 4.69) is 21.2 Å². The van der Waals surface area contributed by atoms with Crippen LogP contribution in [-0.4, -0.2) is 19.6 Å². The third-order valence-corrected chi connectivity index (χ3v) is 3.63. The molecule has 1 N–H and O–H groups in total. The third kappa shape index (κ3) is 4.33. The first kappa shape index (κ1) is 15.6. The quantitative estimate of drug-likeness (QED) is 0.894. The van der Waals surface area contributed by atoms with Crippen LogP contribution in [0.25, 0.3) is 0 Å². The molecule has 110 valence electrons. The van der Waals surface area contributed by atoms with Gasteiger partial charge < -0.3 is 10.1 Å². The molecule has 0 aliphatic carbocycles. The van der Waals surface area contributed by atoms with Crippen molar-refractivity contribution in [1.82, 2.24) is 5.32 Å². The van der Waals surface area contributed by atoms with Gasteiger partial charge in [-0.25, -0.2) is 0 Å². The van der Waals surface area contributed by atoms with E-state index in [1.807, 2.05) is 49.4 Å². The van der Waals surface area contributed by atoms with Gasteiger partial charge in [-0.15, -0.1) is 0 Å². The fourth-order valence-corrected chi connectivity index (χ4v) is 2.80. The van der Waals surface area contributed by atoms with Gasteiger partial charge in [-0.3, -0.25) is 4.79 Å². The topological polar surface area (TPSA) is 38.3 Å². The second-order valence-corrected chi connectivity index (χ2v) is 5.75. The van der Waals surface area contributed by atoms with Crippen molar-refractivity contribution in [2.45, 2.75) is 13.3 Å². The molecule has 2 aromatic rings. The number of amides is 1.